The van der Waals surface area contributed by atoms with Crippen molar-refractivity contribution in [2.24, 2.45) is 0 Å². The Balaban J connectivity index is 2.41. The number of rotatable bonds is 1. The summed E-state index contributed by atoms with van der Waals surface area (Å²) in [4.78, 5) is 2.41. The van der Waals surface area contributed by atoms with Crippen LogP contribution < -0.4 is 4.90 Å². The van der Waals surface area contributed by atoms with Crippen LogP contribution >= 0.6 is 0 Å². The highest BCUT2D eigenvalue weighted by Crippen LogP contribution is 2.30. The standard InChI is InChI=1S/C14H19N/c1-11(2)10-15-12(3)8-9-13-6-4-5-7-14(13)15/h4-7,10,12H,8-9H2,1-3H3. The van der Waals surface area contributed by atoms with Crippen LogP contribution in [0.15, 0.2) is 36.0 Å². The Bertz CT molecular complexity index is 375. The molecule has 1 aromatic carbocycles. The number of fused-ring (bicyclic) bond motifs is 1. The Labute approximate surface area is 92.4 Å². The minimum atomic E-state index is 0.620. The highest BCUT2D eigenvalue weighted by Gasteiger charge is 2.20. The topological polar surface area (TPSA) is 3.24 Å². The lowest BCUT2D eigenvalue weighted by Gasteiger charge is -2.34. The molecule has 0 saturated carbocycles. The van der Waals surface area contributed by atoms with E-state index in [9.17, 15) is 0 Å². The highest BCUT2D eigenvalue weighted by atomic mass is 15.1. The van der Waals surface area contributed by atoms with E-state index < -0.39 is 0 Å². The molecule has 0 bridgehead atoms. The van der Waals surface area contributed by atoms with E-state index >= 15 is 0 Å². The van der Waals surface area contributed by atoms with Crippen LogP contribution in [0.1, 0.15) is 32.8 Å². The van der Waals surface area contributed by atoms with E-state index in [2.05, 4.69) is 56.1 Å². The molecule has 1 nitrogen and oxygen atoms in total. The molecule has 0 aliphatic carbocycles. The Morgan fingerprint density at radius 2 is 2.07 bits per heavy atom. The Morgan fingerprint density at radius 3 is 2.80 bits per heavy atom. The van der Waals surface area contributed by atoms with Gasteiger partial charge >= 0.3 is 0 Å². The Kier molecular flexibility index (Phi) is 2.81. The maximum atomic E-state index is 2.41. The molecule has 0 amide bonds. The van der Waals surface area contributed by atoms with Crippen molar-refractivity contribution in [2.45, 2.75) is 39.7 Å². The molecule has 1 aliphatic heterocycles. The fourth-order valence-corrected chi connectivity index (χ4v) is 2.19. The van der Waals surface area contributed by atoms with Gasteiger partial charge in [0.2, 0.25) is 0 Å². The number of aryl methyl sites for hydroxylation is 1. The summed E-state index contributed by atoms with van der Waals surface area (Å²) in [7, 11) is 0. The predicted molar refractivity (Wildman–Crippen MR) is 66.1 cm³/mol. The van der Waals surface area contributed by atoms with Gasteiger partial charge in [0.05, 0.1) is 0 Å². The lowest BCUT2D eigenvalue weighted by Crippen LogP contribution is -2.32. The van der Waals surface area contributed by atoms with Crippen molar-refractivity contribution in [3.05, 3.63) is 41.6 Å². The fourth-order valence-electron chi connectivity index (χ4n) is 2.19. The van der Waals surface area contributed by atoms with Gasteiger partial charge in [0.1, 0.15) is 0 Å². The monoisotopic (exact) mass is 201 g/mol. The zero-order valence-electron chi connectivity index (χ0n) is 9.83. The highest BCUT2D eigenvalue weighted by molar-refractivity contribution is 5.58. The molecule has 0 fully saturated rings. The van der Waals surface area contributed by atoms with E-state index in [-0.39, 0.29) is 0 Å². The summed E-state index contributed by atoms with van der Waals surface area (Å²) in [5, 5.41) is 0. The molecule has 1 aliphatic rings. The third kappa shape index (κ3) is 2.06. The third-order valence-corrected chi connectivity index (χ3v) is 2.97. The quantitative estimate of drug-likeness (QED) is 0.669. The second-order valence-corrected chi connectivity index (χ2v) is 4.63. The van der Waals surface area contributed by atoms with Crippen LogP contribution in [-0.2, 0) is 6.42 Å². The number of anilines is 1. The first kappa shape index (κ1) is 10.3. The van der Waals surface area contributed by atoms with Crippen molar-refractivity contribution in [3.8, 4) is 0 Å². The van der Waals surface area contributed by atoms with Gasteiger partial charge < -0.3 is 4.90 Å². The van der Waals surface area contributed by atoms with Crippen molar-refractivity contribution < 1.29 is 0 Å². The normalized spacial score (nSPS) is 19.7. The van der Waals surface area contributed by atoms with E-state index in [0.29, 0.717) is 6.04 Å². The van der Waals surface area contributed by atoms with E-state index in [1.807, 2.05) is 0 Å². The molecule has 0 saturated heterocycles. The first-order chi connectivity index (χ1) is 7.18. The van der Waals surface area contributed by atoms with Crippen molar-refractivity contribution in [1.29, 1.82) is 0 Å². The van der Waals surface area contributed by atoms with Gasteiger partial charge in [-0.1, -0.05) is 23.8 Å². The summed E-state index contributed by atoms with van der Waals surface area (Å²) >= 11 is 0. The Morgan fingerprint density at radius 1 is 1.33 bits per heavy atom. The third-order valence-electron chi connectivity index (χ3n) is 2.97. The fraction of sp³-hybridized carbons (Fsp3) is 0.429. The molecule has 0 aromatic heterocycles. The predicted octanol–water partition coefficient (Wildman–Crippen LogP) is 3.75. The number of benzene rings is 1. The van der Waals surface area contributed by atoms with E-state index in [1.165, 1.54) is 29.7 Å². The molecule has 0 N–H and O–H groups in total. The van der Waals surface area contributed by atoms with E-state index in [4.69, 9.17) is 0 Å². The van der Waals surface area contributed by atoms with E-state index in [0.717, 1.165) is 0 Å². The van der Waals surface area contributed by atoms with Gasteiger partial charge in [-0.15, -0.1) is 0 Å². The summed E-state index contributed by atoms with van der Waals surface area (Å²) in [5.74, 6) is 0. The molecular weight excluding hydrogens is 182 g/mol. The van der Waals surface area contributed by atoms with E-state index in [1.54, 1.807) is 0 Å². The minimum absolute atomic E-state index is 0.620. The van der Waals surface area contributed by atoms with Gasteiger partial charge in [-0.3, -0.25) is 0 Å². The van der Waals surface area contributed by atoms with Crippen LogP contribution in [-0.4, -0.2) is 6.04 Å². The second-order valence-electron chi connectivity index (χ2n) is 4.63. The summed E-state index contributed by atoms with van der Waals surface area (Å²) < 4.78 is 0. The van der Waals surface area contributed by atoms with Gasteiger partial charge in [-0.25, -0.2) is 0 Å². The molecule has 1 heterocycles. The molecule has 1 heteroatoms. The first-order valence-electron chi connectivity index (χ1n) is 5.70. The average molecular weight is 201 g/mol. The largest absolute Gasteiger partial charge is 0.345 e. The molecule has 1 unspecified atom stereocenters. The second kappa shape index (κ2) is 4.09. The SMILES string of the molecule is CC(C)=CN1c2ccccc2CCC1C. The molecular formula is C14H19N. The van der Waals surface area contributed by atoms with Crippen molar-refractivity contribution in [3.63, 3.8) is 0 Å². The van der Waals surface area contributed by atoms with Crippen LogP contribution in [0.5, 0.6) is 0 Å². The molecule has 0 spiro atoms. The lowest BCUT2D eigenvalue weighted by atomic mass is 9.97. The minimum Gasteiger partial charge on any atom is -0.345 e. The van der Waals surface area contributed by atoms with Crippen LogP contribution in [0.2, 0.25) is 0 Å². The average Bonchev–Trinajstić information content (AvgIpc) is 2.22. The maximum Gasteiger partial charge on any atom is 0.0441 e. The van der Waals surface area contributed by atoms with Crippen molar-refractivity contribution >= 4 is 5.69 Å². The summed E-state index contributed by atoms with van der Waals surface area (Å²) in [6, 6.07) is 9.35. The van der Waals surface area contributed by atoms with Gasteiger partial charge in [0.15, 0.2) is 0 Å². The van der Waals surface area contributed by atoms with Crippen molar-refractivity contribution in [1.82, 2.24) is 0 Å². The van der Waals surface area contributed by atoms with Crippen LogP contribution in [0.4, 0.5) is 5.69 Å². The van der Waals surface area contributed by atoms with Gasteiger partial charge in [0, 0.05) is 17.9 Å². The first-order valence-corrected chi connectivity index (χ1v) is 5.70. The Hall–Kier alpha value is -1.24. The summed E-state index contributed by atoms with van der Waals surface area (Å²) in [6.45, 7) is 6.61. The molecule has 0 radical (unpaired) electrons. The van der Waals surface area contributed by atoms with Crippen molar-refractivity contribution in [2.75, 3.05) is 4.90 Å². The van der Waals surface area contributed by atoms with Crippen LogP contribution in [0, 0.1) is 0 Å². The molecule has 2 rings (SSSR count). The maximum absolute atomic E-state index is 2.41. The zero-order chi connectivity index (χ0) is 10.8. The lowest BCUT2D eigenvalue weighted by molar-refractivity contribution is 0.612. The molecule has 1 atom stereocenters. The molecule has 80 valence electrons. The molecule has 1 aromatic rings. The van der Waals surface area contributed by atoms with Crippen LogP contribution in [0.3, 0.4) is 0 Å². The number of hydrogen-bond acceptors (Lipinski definition) is 1. The number of allylic oxidation sites excluding steroid dienone is 1. The number of para-hydroxylation sites is 1. The number of nitrogens with zero attached hydrogens (tertiary/aromatic N) is 1. The number of hydrogen-bond donors (Lipinski definition) is 0. The van der Waals surface area contributed by atoms with Gasteiger partial charge in [-0.05, 0) is 45.2 Å². The van der Waals surface area contributed by atoms with Crippen LogP contribution in [0.25, 0.3) is 0 Å². The zero-order valence-corrected chi connectivity index (χ0v) is 9.83. The summed E-state index contributed by atoms with van der Waals surface area (Å²) in [5.41, 5.74) is 4.23. The molecule has 15 heavy (non-hydrogen) atoms. The van der Waals surface area contributed by atoms with Gasteiger partial charge in [0.25, 0.3) is 0 Å². The summed E-state index contributed by atoms with van der Waals surface area (Å²) in [6.07, 6.45) is 4.73. The smallest absolute Gasteiger partial charge is 0.0441 e. The van der Waals surface area contributed by atoms with Gasteiger partial charge in [-0.2, -0.15) is 0 Å².